The first-order valence-corrected chi connectivity index (χ1v) is 13.0. The second-order valence-corrected chi connectivity index (χ2v) is 11.3. The van der Waals surface area contributed by atoms with Gasteiger partial charge in [0.15, 0.2) is 0 Å². The molecule has 0 heterocycles. The van der Waals surface area contributed by atoms with Crippen LogP contribution in [0.25, 0.3) is 0 Å². The minimum absolute atomic E-state index is 0.205. The van der Waals surface area contributed by atoms with Crippen LogP contribution in [0.3, 0.4) is 0 Å². The van der Waals surface area contributed by atoms with Gasteiger partial charge in [0.05, 0.1) is 37.9 Å². The maximum absolute atomic E-state index is 14.6. The zero-order chi connectivity index (χ0) is 30.4. The van der Waals surface area contributed by atoms with Crippen LogP contribution >= 0.6 is 58.0 Å². The van der Waals surface area contributed by atoms with Crippen molar-refractivity contribution in [1.29, 1.82) is 0 Å². The van der Waals surface area contributed by atoms with E-state index in [4.69, 9.17) is 58.0 Å². The van der Waals surface area contributed by atoms with Crippen LogP contribution in [0, 0.1) is 23.4 Å². The van der Waals surface area contributed by atoms with Crippen LogP contribution in [0.2, 0.25) is 15.1 Å². The number of rotatable bonds is 7. The fourth-order valence-electron chi connectivity index (χ4n) is 3.94. The summed E-state index contributed by atoms with van der Waals surface area (Å²) in [5.74, 6) is -9.49. The van der Waals surface area contributed by atoms with Crippen LogP contribution in [0.1, 0.15) is 21.8 Å². The first kappa shape index (κ1) is 31.1. The van der Waals surface area contributed by atoms with Crippen molar-refractivity contribution in [2.45, 2.75) is 16.7 Å². The molecule has 3 N–H and O–H groups in total. The molecule has 1 saturated carbocycles. The van der Waals surface area contributed by atoms with Gasteiger partial charge in [-0.3, -0.25) is 14.4 Å². The summed E-state index contributed by atoms with van der Waals surface area (Å²) >= 11 is 30.5. The molecule has 2 atom stereocenters. The number of benzene rings is 3. The maximum Gasteiger partial charge on any atom is 0.315 e. The second kappa shape index (κ2) is 11.8. The molecule has 0 unspecified atom stereocenters. The summed E-state index contributed by atoms with van der Waals surface area (Å²) in [6.07, 6.45) is -3.50. The van der Waals surface area contributed by atoms with E-state index < -0.39 is 79.7 Å². The van der Waals surface area contributed by atoms with Crippen molar-refractivity contribution >= 4 is 92.8 Å². The topological polar surface area (TPSA) is 87.3 Å². The number of carbonyl (C=O) groups is 3. The highest BCUT2D eigenvalue weighted by molar-refractivity contribution is 6.53. The van der Waals surface area contributed by atoms with Gasteiger partial charge >= 0.3 is 6.43 Å². The highest BCUT2D eigenvalue weighted by atomic mass is 35.5. The van der Waals surface area contributed by atoms with Crippen molar-refractivity contribution in [1.82, 2.24) is 0 Å². The minimum Gasteiger partial charge on any atom is -0.326 e. The Labute approximate surface area is 253 Å². The number of halogens is 10. The summed E-state index contributed by atoms with van der Waals surface area (Å²) in [7, 11) is 0. The largest absolute Gasteiger partial charge is 0.326 e. The van der Waals surface area contributed by atoms with Crippen molar-refractivity contribution in [2.24, 2.45) is 5.92 Å². The smallest absolute Gasteiger partial charge is 0.315 e. The highest BCUT2D eigenvalue weighted by Gasteiger charge is 2.67. The zero-order valence-corrected chi connectivity index (χ0v) is 23.6. The predicted molar refractivity (Wildman–Crippen MR) is 146 cm³/mol. The van der Waals surface area contributed by atoms with Gasteiger partial charge in [-0.15, -0.1) is 23.2 Å². The van der Waals surface area contributed by atoms with Crippen LogP contribution in [0.5, 0.6) is 0 Å². The molecule has 216 valence electrons. The van der Waals surface area contributed by atoms with E-state index in [0.717, 1.165) is 12.1 Å². The van der Waals surface area contributed by atoms with Gasteiger partial charge in [-0.2, -0.15) is 8.78 Å². The third-order valence-corrected chi connectivity index (χ3v) is 8.00. The van der Waals surface area contributed by atoms with E-state index in [1.165, 1.54) is 17.4 Å². The number of anilines is 3. The van der Waals surface area contributed by atoms with E-state index in [-0.39, 0.29) is 21.8 Å². The van der Waals surface area contributed by atoms with E-state index in [1.54, 1.807) is 6.07 Å². The van der Waals surface area contributed by atoms with Crippen molar-refractivity contribution in [2.75, 3.05) is 16.0 Å². The summed E-state index contributed by atoms with van der Waals surface area (Å²) in [5, 5.41) is 5.65. The average molecular weight is 676 g/mol. The lowest BCUT2D eigenvalue weighted by molar-refractivity contribution is -0.126. The average Bonchev–Trinajstić information content (AvgIpc) is 3.47. The molecule has 0 aliphatic heterocycles. The molecular formula is C25H13Cl5F5N3O3. The van der Waals surface area contributed by atoms with Crippen molar-refractivity contribution in [3.63, 3.8) is 0 Å². The molecule has 0 spiro atoms. The molecule has 3 amide bonds. The normalized spacial score (nSPS) is 17.2. The summed E-state index contributed by atoms with van der Waals surface area (Å²) in [4.78, 5) is 37.0. The lowest BCUT2D eigenvalue weighted by Crippen LogP contribution is -2.21. The van der Waals surface area contributed by atoms with E-state index >= 15 is 0 Å². The van der Waals surface area contributed by atoms with Crippen LogP contribution in [-0.2, 0) is 9.59 Å². The molecule has 0 bridgehead atoms. The second-order valence-electron chi connectivity index (χ2n) is 8.67. The highest BCUT2D eigenvalue weighted by Crippen LogP contribution is 2.65. The Balaban J connectivity index is 1.55. The minimum atomic E-state index is -3.50. The summed E-state index contributed by atoms with van der Waals surface area (Å²) in [6, 6.07) is 7.08. The van der Waals surface area contributed by atoms with E-state index in [1.807, 2.05) is 5.32 Å². The number of hydrogen-bond donors (Lipinski definition) is 3. The molecule has 0 saturated heterocycles. The first-order chi connectivity index (χ1) is 19.1. The monoisotopic (exact) mass is 673 g/mol. The molecule has 3 aromatic carbocycles. The van der Waals surface area contributed by atoms with Crippen LogP contribution < -0.4 is 16.0 Å². The van der Waals surface area contributed by atoms with Crippen LogP contribution in [0.4, 0.5) is 39.0 Å². The predicted octanol–water partition coefficient (Wildman–Crippen LogP) is 8.05. The Kier molecular flexibility index (Phi) is 8.96. The molecule has 0 aromatic heterocycles. The summed E-state index contributed by atoms with van der Waals surface area (Å²) in [5.41, 5.74) is -1.96. The van der Waals surface area contributed by atoms with Gasteiger partial charge in [-0.05, 0) is 35.9 Å². The molecule has 1 aliphatic carbocycles. The third kappa shape index (κ3) is 6.49. The number of hydrogen-bond acceptors (Lipinski definition) is 3. The molecule has 0 radical (unpaired) electrons. The van der Waals surface area contributed by atoms with Crippen LogP contribution in [0.15, 0.2) is 42.5 Å². The lowest BCUT2D eigenvalue weighted by atomic mass is 10.1. The van der Waals surface area contributed by atoms with Crippen LogP contribution in [-0.4, -0.2) is 28.5 Å². The Morgan fingerprint density at radius 2 is 1.41 bits per heavy atom. The van der Waals surface area contributed by atoms with Gasteiger partial charge < -0.3 is 16.0 Å². The zero-order valence-electron chi connectivity index (χ0n) is 19.8. The quantitative estimate of drug-likeness (QED) is 0.175. The van der Waals surface area contributed by atoms with E-state index in [9.17, 15) is 36.3 Å². The van der Waals surface area contributed by atoms with Gasteiger partial charge in [0.2, 0.25) is 5.91 Å². The molecule has 41 heavy (non-hydrogen) atoms. The Bertz CT molecular complexity index is 1590. The van der Waals surface area contributed by atoms with Gasteiger partial charge in [0.1, 0.15) is 21.8 Å². The van der Waals surface area contributed by atoms with Gasteiger partial charge in [-0.25, -0.2) is 13.2 Å². The fraction of sp³-hybridized carbons (Fsp3) is 0.160. The van der Waals surface area contributed by atoms with Gasteiger partial charge in [0, 0.05) is 17.7 Å². The Morgan fingerprint density at radius 1 is 0.780 bits per heavy atom. The molecule has 4 rings (SSSR count). The number of alkyl halides is 4. The van der Waals surface area contributed by atoms with Crippen molar-refractivity contribution in [3.05, 3.63) is 86.1 Å². The third-order valence-electron chi connectivity index (χ3n) is 5.94. The first-order valence-electron chi connectivity index (χ1n) is 11.1. The molecule has 1 fully saturated rings. The SMILES string of the molecule is O=C(Nc1cc(NC(=O)C(F)F)c(F)cc1F)c1cc(NC(=O)[C@H]2[C@H](c3ccc(Cl)c(Cl)c3)C2(Cl)Cl)cc(F)c1Cl. The van der Waals surface area contributed by atoms with Gasteiger partial charge in [0.25, 0.3) is 11.8 Å². The Morgan fingerprint density at radius 3 is 2.02 bits per heavy atom. The molecule has 1 aliphatic rings. The Hall–Kier alpha value is -2.83. The standard InChI is InChI=1S/C25H13Cl5F5N3O3/c26-11-2-1-8(3-12(11)27)18-19(25(18,29)30)23(40)36-9-4-10(20(28)15(33)5-9)22(39)37-16-7-17(14(32)6-13(16)31)38-24(41)21(34)35/h1-7,18-19,21H,(H,36,40)(H,37,39)(H,38,41)/t18-,19+/m0/s1. The molecule has 16 heteroatoms. The fourth-order valence-corrected chi connectivity index (χ4v) is 5.27. The summed E-state index contributed by atoms with van der Waals surface area (Å²) in [6.45, 7) is 0. The maximum atomic E-state index is 14.6. The molecular weight excluding hydrogens is 663 g/mol. The van der Waals surface area contributed by atoms with E-state index in [2.05, 4.69) is 5.32 Å². The number of carbonyl (C=O) groups excluding carboxylic acids is 3. The molecule has 6 nitrogen and oxygen atoms in total. The number of nitrogens with one attached hydrogen (secondary N) is 3. The van der Waals surface area contributed by atoms with Gasteiger partial charge in [-0.1, -0.05) is 40.9 Å². The van der Waals surface area contributed by atoms with Crippen molar-refractivity contribution < 1.29 is 36.3 Å². The lowest BCUT2D eigenvalue weighted by Gasteiger charge is -2.13. The summed E-state index contributed by atoms with van der Waals surface area (Å²) < 4.78 is 66.4. The van der Waals surface area contributed by atoms with Crippen molar-refractivity contribution in [3.8, 4) is 0 Å². The van der Waals surface area contributed by atoms with E-state index in [0.29, 0.717) is 11.6 Å². The number of amides is 3. The molecule has 3 aromatic rings.